The fourth-order valence-corrected chi connectivity index (χ4v) is 3.07. The number of ether oxygens (including phenoxy) is 1. The van der Waals surface area contributed by atoms with E-state index in [2.05, 4.69) is 4.98 Å². The van der Waals surface area contributed by atoms with Crippen molar-refractivity contribution >= 4 is 22.6 Å². The Balaban J connectivity index is 2.24. The molecular weight excluding hydrogens is 299 g/mol. The van der Waals surface area contributed by atoms with Crippen molar-refractivity contribution in [3.8, 4) is 0 Å². The number of nitrogens with zero attached hydrogens (tertiary/aromatic N) is 2. The summed E-state index contributed by atoms with van der Waals surface area (Å²) in [6, 6.07) is 2.81. The molecule has 1 aliphatic rings. The van der Waals surface area contributed by atoms with Gasteiger partial charge >= 0.3 is 5.97 Å². The predicted molar refractivity (Wildman–Crippen MR) is 85.2 cm³/mol. The molecule has 2 heterocycles. The summed E-state index contributed by atoms with van der Waals surface area (Å²) in [5.41, 5.74) is 2.25. The molecule has 1 aliphatic heterocycles. The summed E-state index contributed by atoms with van der Waals surface area (Å²) in [6.45, 7) is 4.77. The standard InChI is InChI=1S/C17H19FN2O3/c1-3-23-17(22)14-8-19-15-10(2)6-11(18)7-13(15)16(14)20-5-4-12(21)9-20/h6-8,12,21H,3-5,9H2,1-2H3/t12-/m1/s1. The molecule has 23 heavy (non-hydrogen) atoms. The molecule has 122 valence electrons. The zero-order valence-electron chi connectivity index (χ0n) is 13.2. The van der Waals surface area contributed by atoms with Crippen molar-refractivity contribution in [2.24, 2.45) is 0 Å². The maximum atomic E-state index is 13.9. The molecule has 1 N–H and O–H groups in total. The molecular formula is C17H19FN2O3. The number of esters is 1. The zero-order valence-corrected chi connectivity index (χ0v) is 13.2. The van der Waals surface area contributed by atoms with Crippen LogP contribution in [-0.2, 0) is 4.74 Å². The van der Waals surface area contributed by atoms with Crippen LogP contribution in [0.25, 0.3) is 10.9 Å². The first kappa shape index (κ1) is 15.7. The lowest BCUT2D eigenvalue weighted by molar-refractivity contribution is 0.0526. The summed E-state index contributed by atoms with van der Waals surface area (Å²) in [5, 5.41) is 10.4. The van der Waals surface area contributed by atoms with E-state index in [1.54, 1.807) is 13.8 Å². The van der Waals surface area contributed by atoms with Gasteiger partial charge in [-0.2, -0.15) is 0 Å². The van der Waals surface area contributed by atoms with Crippen LogP contribution in [-0.4, -0.2) is 41.9 Å². The summed E-state index contributed by atoms with van der Waals surface area (Å²) < 4.78 is 19.0. The smallest absolute Gasteiger partial charge is 0.341 e. The summed E-state index contributed by atoms with van der Waals surface area (Å²) in [6.07, 6.45) is 1.63. The maximum Gasteiger partial charge on any atom is 0.341 e. The van der Waals surface area contributed by atoms with Crippen LogP contribution in [0.4, 0.5) is 10.1 Å². The van der Waals surface area contributed by atoms with Gasteiger partial charge in [-0.15, -0.1) is 0 Å². The Morgan fingerprint density at radius 1 is 1.52 bits per heavy atom. The van der Waals surface area contributed by atoms with E-state index in [-0.39, 0.29) is 12.4 Å². The second-order valence-electron chi connectivity index (χ2n) is 5.75. The molecule has 1 aromatic carbocycles. The Kier molecular flexibility index (Phi) is 4.17. The molecule has 3 rings (SSSR count). The second-order valence-corrected chi connectivity index (χ2v) is 5.75. The average Bonchev–Trinajstić information content (AvgIpc) is 2.92. The van der Waals surface area contributed by atoms with Crippen LogP contribution in [0.1, 0.15) is 29.3 Å². The average molecular weight is 318 g/mol. The summed E-state index contributed by atoms with van der Waals surface area (Å²) >= 11 is 0. The van der Waals surface area contributed by atoms with Crippen molar-refractivity contribution in [3.05, 3.63) is 35.3 Å². The van der Waals surface area contributed by atoms with Gasteiger partial charge in [0.1, 0.15) is 11.4 Å². The lowest BCUT2D eigenvalue weighted by Gasteiger charge is -2.23. The molecule has 0 aliphatic carbocycles. The number of carbonyl (C=O) groups is 1. The van der Waals surface area contributed by atoms with E-state index < -0.39 is 12.1 Å². The Morgan fingerprint density at radius 3 is 2.96 bits per heavy atom. The topological polar surface area (TPSA) is 62.7 Å². The van der Waals surface area contributed by atoms with E-state index in [0.29, 0.717) is 47.2 Å². The van der Waals surface area contributed by atoms with E-state index in [9.17, 15) is 14.3 Å². The molecule has 0 unspecified atom stereocenters. The van der Waals surface area contributed by atoms with Gasteiger partial charge in [0.25, 0.3) is 0 Å². The van der Waals surface area contributed by atoms with Crippen LogP contribution in [0.2, 0.25) is 0 Å². The molecule has 0 bridgehead atoms. The predicted octanol–water partition coefficient (Wildman–Crippen LogP) is 2.43. The molecule has 1 aromatic heterocycles. The Morgan fingerprint density at radius 2 is 2.30 bits per heavy atom. The molecule has 1 atom stereocenters. The molecule has 2 aromatic rings. The van der Waals surface area contributed by atoms with Gasteiger partial charge in [-0.25, -0.2) is 9.18 Å². The Labute approximate surface area is 133 Å². The first-order valence-corrected chi connectivity index (χ1v) is 7.70. The van der Waals surface area contributed by atoms with Gasteiger partial charge in [0.2, 0.25) is 0 Å². The number of hydrogen-bond donors (Lipinski definition) is 1. The highest BCUT2D eigenvalue weighted by molar-refractivity contribution is 6.06. The number of fused-ring (bicyclic) bond motifs is 1. The number of aliphatic hydroxyl groups excluding tert-OH is 1. The molecule has 0 spiro atoms. The highest BCUT2D eigenvalue weighted by Gasteiger charge is 2.27. The van der Waals surface area contributed by atoms with E-state index in [1.807, 2.05) is 4.90 Å². The zero-order chi connectivity index (χ0) is 16.6. The van der Waals surface area contributed by atoms with Gasteiger partial charge in [-0.3, -0.25) is 4.98 Å². The number of benzene rings is 1. The molecule has 0 radical (unpaired) electrons. The largest absolute Gasteiger partial charge is 0.462 e. The van der Waals surface area contributed by atoms with Crippen LogP contribution in [0, 0.1) is 12.7 Å². The van der Waals surface area contributed by atoms with Crippen LogP contribution in [0.15, 0.2) is 18.3 Å². The van der Waals surface area contributed by atoms with Crippen molar-refractivity contribution in [2.45, 2.75) is 26.4 Å². The molecule has 6 heteroatoms. The van der Waals surface area contributed by atoms with Gasteiger partial charge < -0.3 is 14.7 Å². The molecule has 5 nitrogen and oxygen atoms in total. The third-order valence-electron chi connectivity index (χ3n) is 4.07. The first-order valence-electron chi connectivity index (χ1n) is 7.70. The van der Waals surface area contributed by atoms with E-state index in [4.69, 9.17) is 4.74 Å². The Bertz CT molecular complexity index is 763. The van der Waals surface area contributed by atoms with E-state index in [1.165, 1.54) is 18.3 Å². The highest BCUT2D eigenvalue weighted by Crippen LogP contribution is 2.34. The van der Waals surface area contributed by atoms with Gasteiger partial charge in [-0.05, 0) is 38.0 Å². The first-order chi connectivity index (χ1) is 11.0. The molecule has 1 saturated heterocycles. The normalized spacial score (nSPS) is 17.7. The van der Waals surface area contributed by atoms with Gasteiger partial charge in [0.05, 0.1) is 23.9 Å². The van der Waals surface area contributed by atoms with E-state index in [0.717, 1.165) is 0 Å². The van der Waals surface area contributed by atoms with Gasteiger partial charge in [0.15, 0.2) is 0 Å². The minimum atomic E-state index is -0.486. The number of rotatable bonds is 3. The summed E-state index contributed by atoms with van der Waals surface area (Å²) in [7, 11) is 0. The number of carbonyl (C=O) groups excluding carboxylic acids is 1. The van der Waals surface area contributed by atoms with Crippen LogP contribution in [0.3, 0.4) is 0 Å². The third-order valence-corrected chi connectivity index (χ3v) is 4.07. The minimum absolute atomic E-state index is 0.251. The van der Waals surface area contributed by atoms with Crippen LogP contribution >= 0.6 is 0 Å². The van der Waals surface area contributed by atoms with Crippen molar-refractivity contribution in [2.75, 3.05) is 24.6 Å². The van der Waals surface area contributed by atoms with Crippen molar-refractivity contribution in [3.63, 3.8) is 0 Å². The SMILES string of the molecule is CCOC(=O)c1cnc2c(C)cc(F)cc2c1N1CC[C@@H](O)C1. The Hall–Kier alpha value is -2.21. The third kappa shape index (κ3) is 2.86. The fourth-order valence-electron chi connectivity index (χ4n) is 3.07. The monoisotopic (exact) mass is 318 g/mol. The fraction of sp³-hybridized carbons (Fsp3) is 0.412. The number of β-amino-alcohol motifs (C(OH)–C–C–N with tert-alkyl or cyclic N) is 1. The lowest BCUT2D eigenvalue weighted by Crippen LogP contribution is -2.24. The molecule has 0 saturated carbocycles. The van der Waals surface area contributed by atoms with Crippen molar-refractivity contribution in [1.29, 1.82) is 0 Å². The number of anilines is 1. The second kappa shape index (κ2) is 6.12. The maximum absolute atomic E-state index is 13.9. The quantitative estimate of drug-likeness (QED) is 0.881. The van der Waals surface area contributed by atoms with Crippen molar-refractivity contribution in [1.82, 2.24) is 4.98 Å². The number of aryl methyl sites for hydroxylation is 1. The van der Waals surface area contributed by atoms with E-state index >= 15 is 0 Å². The number of aromatic nitrogens is 1. The number of hydrogen-bond acceptors (Lipinski definition) is 5. The van der Waals surface area contributed by atoms with Gasteiger partial charge in [-0.1, -0.05) is 0 Å². The molecule has 1 fully saturated rings. The molecule has 0 amide bonds. The minimum Gasteiger partial charge on any atom is -0.462 e. The number of halogens is 1. The number of pyridine rings is 1. The number of aliphatic hydroxyl groups is 1. The van der Waals surface area contributed by atoms with Gasteiger partial charge in [0, 0.05) is 24.7 Å². The summed E-state index contributed by atoms with van der Waals surface area (Å²) in [4.78, 5) is 18.5. The summed E-state index contributed by atoms with van der Waals surface area (Å²) in [5.74, 6) is -0.862. The van der Waals surface area contributed by atoms with Crippen molar-refractivity contribution < 1.29 is 19.0 Å². The van der Waals surface area contributed by atoms with Crippen LogP contribution < -0.4 is 4.90 Å². The lowest BCUT2D eigenvalue weighted by atomic mass is 10.0. The highest BCUT2D eigenvalue weighted by atomic mass is 19.1. The van der Waals surface area contributed by atoms with Crippen LogP contribution in [0.5, 0.6) is 0 Å².